The van der Waals surface area contributed by atoms with Crippen LogP contribution in [0.15, 0.2) is 302 Å². The highest BCUT2D eigenvalue weighted by molar-refractivity contribution is 7.95. The average molecular weight is 1200 g/mol. The number of hydrogen-bond acceptors (Lipinski definition) is 0. The van der Waals surface area contributed by atoms with Crippen molar-refractivity contribution in [3.63, 3.8) is 0 Å². The van der Waals surface area contributed by atoms with Crippen LogP contribution >= 0.6 is 50.9 Å². The fourth-order valence-electron chi connectivity index (χ4n) is 7.84. The zero-order valence-corrected chi connectivity index (χ0v) is 53.4. The molecule has 10 rings (SSSR count). The second kappa shape index (κ2) is 36.8. The standard InChI is InChI=1S/C29H27FP2.C17H17P.C12H10ClP.C12H10FP.C5H8/c1-23(2)29(22-31(24-14-6-3-7-15-24)25-16-8-4-9-17-25)32(26-18-10-5-11-19-26)28-21-13-12-20-27(28)30;1-15(2)13-14-18(16-9-5-3-6-10-16)17-11-7-4-8-12-17;13-14(11-7-3-1-4-8-11)12-9-5-2-6-10-12;13-11-8-4-5-9-12(11)14-10-6-2-1-3-7-10;1-4-5(2)3/h3-23H,1-2H3;3-12,15H,1-2H3;1-10H;1-9,14H;1,5H,2-3H3/b29-22-;;;;. The van der Waals surface area contributed by atoms with Gasteiger partial charge in [-0.1, -0.05) is 352 Å². The van der Waals surface area contributed by atoms with E-state index in [1.165, 1.54) is 48.5 Å². The van der Waals surface area contributed by atoms with Crippen LogP contribution in [0.25, 0.3) is 0 Å². The second-order valence-corrected chi connectivity index (χ2v) is 29.7. The van der Waals surface area contributed by atoms with Gasteiger partial charge in [0.15, 0.2) is 0 Å². The molecule has 0 aliphatic rings. The van der Waals surface area contributed by atoms with Crippen molar-refractivity contribution in [1.29, 1.82) is 0 Å². The van der Waals surface area contributed by atoms with Gasteiger partial charge in [-0.3, -0.25) is 0 Å². The lowest BCUT2D eigenvalue weighted by Crippen LogP contribution is -2.19. The predicted octanol–water partition coefficient (Wildman–Crippen LogP) is 17.6. The quantitative estimate of drug-likeness (QED) is 0.0797. The zero-order chi connectivity index (χ0) is 59.0. The molecule has 10 aromatic carbocycles. The van der Waals surface area contributed by atoms with Gasteiger partial charge >= 0.3 is 0 Å². The lowest BCUT2D eigenvalue weighted by atomic mass is 10.2. The van der Waals surface area contributed by atoms with Gasteiger partial charge in [-0.15, -0.1) is 12.3 Å². The monoisotopic (exact) mass is 1200 g/mol. The van der Waals surface area contributed by atoms with E-state index in [4.69, 9.17) is 17.7 Å². The molecule has 0 nitrogen and oxygen atoms in total. The van der Waals surface area contributed by atoms with Crippen molar-refractivity contribution in [3.05, 3.63) is 314 Å². The summed E-state index contributed by atoms with van der Waals surface area (Å²) in [4.78, 5) is 0. The Morgan fingerprint density at radius 3 is 1.13 bits per heavy atom. The average Bonchev–Trinajstić information content (AvgIpc) is 3.67. The molecule has 0 spiro atoms. The molecule has 0 saturated heterocycles. The molecule has 8 heteroatoms. The van der Waals surface area contributed by atoms with Crippen LogP contribution in [0.4, 0.5) is 8.78 Å². The van der Waals surface area contributed by atoms with Crippen LogP contribution in [0.2, 0.25) is 0 Å². The molecule has 0 bridgehead atoms. The summed E-state index contributed by atoms with van der Waals surface area (Å²) in [5.41, 5.74) is 3.47. The Morgan fingerprint density at radius 1 is 0.422 bits per heavy atom. The van der Waals surface area contributed by atoms with Gasteiger partial charge in [0.2, 0.25) is 0 Å². The minimum Gasteiger partial charge on any atom is -0.206 e. The summed E-state index contributed by atoms with van der Waals surface area (Å²) in [6, 6.07) is 97.5. The first kappa shape index (κ1) is 65.5. The molecule has 2 unspecified atom stereocenters. The molecule has 2 atom stereocenters. The lowest BCUT2D eigenvalue weighted by molar-refractivity contribution is 0.636. The van der Waals surface area contributed by atoms with E-state index in [9.17, 15) is 4.39 Å². The molecular formula is C75H72ClF2P5. The predicted molar refractivity (Wildman–Crippen MR) is 372 cm³/mol. The van der Waals surface area contributed by atoms with Gasteiger partial charge in [0.25, 0.3) is 0 Å². The number of rotatable bonds is 13. The molecule has 0 saturated carbocycles. The molecule has 0 radical (unpaired) electrons. The fraction of sp³-hybridized carbons (Fsp3) is 0.120. The Hall–Kier alpha value is -6.64. The van der Waals surface area contributed by atoms with Gasteiger partial charge in [-0.25, -0.2) is 8.78 Å². The van der Waals surface area contributed by atoms with Crippen LogP contribution in [0.5, 0.6) is 0 Å². The van der Waals surface area contributed by atoms with Gasteiger partial charge in [0, 0.05) is 30.4 Å². The molecular weight excluding hydrogens is 1130 g/mol. The lowest BCUT2D eigenvalue weighted by Gasteiger charge is -2.27. The maximum atomic E-state index is 15.1. The number of halogens is 3. The summed E-state index contributed by atoms with van der Waals surface area (Å²) in [6.07, 6.45) is 4.92. The summed E-state index contributed by atoms with van der Waals surface area (Å²) in [5, 5.41) is 12.9. The Bertz CT molecular complexity index is 3400. The number of terminal acetylenes is 1. The number of benzene rings is 10. The van der Waals surface area contributed by atoms with E-state index in [1.54, 1.807) is 18.2 Å². The van der Waals surface area contributed by atoms with Crippen molar-refractivity contribution in [2.24, 2.45) is 17.8 Å². The van der Waals surface area contributed by atoms with Crippen LogP contribution in [-0.4, -0.2) is 0 Å². The molecule has 0 aromatic heterocycles. The van der Waals surface area contributed by atoms with E-state index < -0.39 is 31.0 Å². The minimum atomic E-state index is -0.986. The SMILES string of the molecule is C#CC(C)C.CC(C)/C(=C/P(c1ccccc1)c1ccccc1)P(c1ccccc1)c1ccccc1F.CC(C)C#CP(c1ccccc1)c1ccccc1.ClP(c1ccccc1)c1ccccc1.Fc1ccccc1Pc1ccccc1. The maximum Gasteiger partial charge on any atom is 0.131 e. The highest BCUT2D eigenvalue weighted by Gasteiger charge is 2.26. The fourth-order valence-corrected chi connectivity index (χ4v) is 17.9. The molecule has 0 amide bonds. The molecule has 83 heavy (non-hydrogen) atoms. The van der Waals surface area contributed by atoms with Crippen LogP contribution in [0.3, 0.4) is 0 Å². The van der Waals surface area contributed by atoms with E-state index in [1.807, 2.05) is 111 Å². The maximum absolute atomic E-state index is 15.1. The Kier molecular flexibility index (Phi) is 29.1. The molecule has 0 N–H and O–H groups in total. The van der Waals surface area contributed by atoms with Crippen molar-refractivity contribution in [3.8, 4) is 23.9 Å². The zero-order valence-electron chi connectivity index (χ0n) is 48.0. The minimum absolute atomic E-state index is 0.116. The largest absolute Gasteiger partial charge is 0.206 e. The highest BCUT2D eigenvalue weighted by Crippen LogP contribution is 2.52. The molecule has 418 valence electrons. The number of allylic oxidation sites excluding steroid dienone is 1. The first-order chi connectivity index (χ1) is 40.4. The van der Waals surface area contributed by atoms with E-state index in [-0.39, 0.29) is 11.6 Å². The molecule has 0 fully saturated rings. The van der Waals surface area contributed by atoms with Gasteiger partial charge < -0.3 is 0 Å². The molecule has 0 heterocycles. The Morgan fingerprint density at radius 2 is 0.759 bits per heavy atom. The molecule has 0 aliphatic carbocycles. The summed E-state index contributed by atoms with van der Waals surface area (Å²) >= 11 is 6.40. The van der Waals surface area contributed by atoms with Gasteiger partial charge in [0.1, 0.15) is 11.6 Å². The topological polar surface area (TPSA) is 0 Å². The normalized spacial score (nSPS) is 11.2. The van der Waals surface area contributed by atoms with E-state index >= 15 is 4.39 Å². The van der Waals surface area contributed by atoms with Crippen molar-refractivity contribution in [2.75, 3.05) is 0 Å². The summed E-state index contributed by atoms with van der Waals surface area (Å²) < 4.78 is 28.4. The van der Waals surface area contributed by atoms with Crippen molar-refractivity contribution in [1.82, 2.24) is 0 Å². The molecule has 0 aliphatic heterocycles. The van der Waals surface area contributed by atoms with Crippen molar-refractivity contribution < 1.29 is 8.78 Å². The summed E-state index contributed by atoms with van der Waals surface area (Å²) in [5.74, 6) is 9.18. The van der Waals surface area contributed by atoms with Crippen LogP contribution in [-0.2, 0) is 0 Å². The second-order valence-electron chi connectivity index (χ2n) is 19.5. The van der Waals surface area contributed by atoms with Gasteiger partial charge in [0.05, 0.1) is 7.27 Å². The Balaban J connectivity index is 0.000000184. The number of hydrogen-bond donors (Lipinski definition) is 0. The van der Waals surface area contributed by atoms with Crippen LogP contribution in [0.1, 0.15) is 41.5 Å². The highest BCUT2D eigenvalue weighted by atomic mass is 35.7. The van der Waals surface area contributed by atoms with Crippen LogP contribution in [0, 0.1) is 53.3 Å². The van der Waals surface area contributed by atoms with E-state index in [0.29, 0.717) is 26.3 Å². The van der Waals surface area contributed by atoms with E-state index in [0.717, 1.165) is 15.9 Å². The van der Waals surface area contributed by atoms with Gasteiger partial charge in [-0.05, 0) is 87.5 Å². The van der Waals surface area contributed by atoms with Gasteiger partial charge in [-0.2, -0.15) is 0 Å². The van der Waals surface area contributed by atoms with Crippen LogP contribution < -0.4 is 53.0 Å². The van der Waals surface area contributed by atoms with Crippen molar-refractivity contribution >= 4 is 104 Å². The first-order valence-corrected chi connectivity index (χ1v) is 35.0. The first-order valence-electron chi connectivity index (χ1n) is 27.6. The third kappa shape index (κ3) is 22.5. The Labute approximate surface area is 506 Å². The van der Waals surface area contributed by atoms with Crippen molar-refractivity contribution in [2.45, 2.75) is 41.5 Å². The smallest absolute Gasteiger partial charge is 0.131 e. The summed E-state index contributed by atoms with van der Waals surface area (Å²) in [7, 11) is -2.54. The molecule has 10 aromatic rings. The summed E-state index contributed by atoms with van der Waals surface area (Å²) in [6.45, 7) is 12.7. The third-order valence-electron chi connectivity index (χ3n) is 12.0. The van der Waals surface area contributed by atoms with E-state index in [2.05, 4.69) is 221 Å². The third-order valence-corrected chi connectivity index (χ3v) is 23.2.